The van der Waals surface area contributed by atoms with Crippen LogP contribution in [0.4, 0.5) is 16.2 Å². The number of ether oxygens (including phenoxy) is 1. The van der Waals surface area contributed by atoms with E-state index in [1.807, 2.05) is 38.1 Å². The topological polar surface area (TPSA) is 82.7 Å². The van der Waals surface area contributed by atoms with Gasteiger partial charge in [0.2, 0.25) is 5.91 Å². The van der Waals surface area contributed by atoms with E-state index in [4.69, 9.17) is 4.74 Å². The van der Waals surface area contributed by atoms with Gasteiger partial charge in [0.25, 0.3) is 0 Å². The van der Waals surface area contributed by atoms with Crippen LogP contribution in [0.25, 0.3) is 0 Å². The van der Waals surface area contributed by atoms with Gasteiger partial charge in [0.05, 0.1) is 23.6 Å². The van der Waals surface area contributed by atoms with Gasteiger partial charge in [0, 0.05) is 33.1 Å². The van der Waals surface area contributed by atoms with Crippen molar-refractivity contribution in [1.82, 2.24) is 10.6 Å². The first-order valence-corrected chi connectivity index (χ1v) is 8.24. The molecule has 1 aliphatic rings. The van der Waals surface area contributed by atoms with Crippen molar-refractivity contribution in [2.24, 2.45) is 0 Å². The van der Waals surface area contributed by atoms with E-state index in [9.17, 15) is 9.59 Å². The fourth-order valence-corrected chi connectivity index (χ4v) is 2.81. The summed E-state index contributed by atoms with van der Waals surface area (Å²) in [5, 5.41) is 8.07. The maximum atomic E-state index is 12.0. The van der Waals surface area contributed by atoms with Crippen molar-refractivity contribution >= 4 is 23.3 Å². The summed E-state index contributed by atoms with van der Waals surface area (Å²) in [5.41, 5.74) is 1.72. The van der Waals surface area contributed by atoms with Gasteiger partial charge in [-0.25, -0.2) is 4.79 Å². The monoisotopic (exact) mass is 334 g/mol. The van der Waals surface area contributed by atoms with Gasteiger partial charge >= 0.3 is 6.03 Å². The first kappa shape index (κ1) is 18.1. The molecule has 1 saturated heterocycles. The molecular formula is C17H26N4O3. The van der Waals surface area contributed by atoms with E-state index in [0.29, 0.717) is 6.54 Å². The maximum absolute atomic E-state index is 12.0. The summed E-state index contributed by atoms with van der Waals surface area (Å²) in [6.45, 7) is 5.94. The molecule has 0 spiro atoms. The second kappa shape index (κ2) is 8.54. The predicted octanol–water partition coefficient (Wildman–Crippen LogP) is 1.56. The number of para-hydroxylation sites is 2. The SMILES string of the molecule is CNC(=O)CCNC(=O)Nc1ccccc1N1C[C@H](C)O[C@@H](C)C1. The van der Waals surface area contributed by atoms with Gasteiger partial charge in [-0.3, -0.25) is 4.79 Å². The minimum absolute atomic E-state index is 0.105. The molecule has 1 aromatic carbocycles. The molecule has 132 valence electrons. The number of benzene rings is 1. The lowest BCUT2D eigenvalue weighted by atomic mass is 10.1. The number of nitrogens with one attached hydrogen (secondary N) is 3. The highest BCUT2D eigenvalue weighted by atomic mass is 16.5. The number of carbonyl (C=O) groups is 2. The summed E-state index contributed by atoms with van der Waals surface area (Å²) in [6.07, 6.45) is 0.538. The molecule has 1 aromatic rings. The Labute approximate surface area is 142 Å². The highest BCUT2D eigenvalue weighted by Gasteiger charge is 2.24. The normalized spacial score (nSPS) is 20.4. The molecule has 0 aliphatic carbocycles. The third kappa shape index (κ3) is 5.13. The van der Waals surface area contributed by atoms with Crippen molar-refractivity contribution in [1.29, 1.82) is 0 Å². The summed E-state index contributed by atoms with van der Waals surface area (Å²) in [5.74, 6) is -0.105. The number of amides is 3. The second-order valence-corrected chi connectivity index (χ2v) is 5.98. The third-order valence-electron chi connectivity index (χ3n) is 3.83. The smallest absolute Gasteiger partial charge is 0.319 e. The van der Waals surface area contributed by atoms with Crippen LogP contribution < -0.4 is 20.9 Å². The largest absolute Gasteiger partial charge is 0.372 e. The number of carbonyl (C=O) groups excluding carboxylic acids is 2. The number of rotatable bonds is 5. The standard InChI is InChI=1S/C17H26N4O3/c1-12-10-21(11-13(2)24-12)15-7-5-4-6-14(15)20-17(23)19-9-8-16(22)18-3/h4-7,12-13H,8-11H2,1-3H3,(H,18,22)(H2,19,20,23)/t12-,13-/m0/s1. The Morgan fingerprint density at radius 1 is 1.21 bits per heavy atom. The molecule has 1 aliphatic heterocycles. The lowest BCUT2D eigenvalue weighted by molar-refractivity contribution is -0.120. The van der Waals surface area contributed by atoms with Crippen LogP contribution in [0, 0.1) is 0 Å². The van der Waals surface area contributed by atoms with Gasteiger partial charge in [-0.05, 0) is 26.0 Å². The fourth-order valence-electron chi connectivity index (χ4n) is 2.81. The summed E-state index contributed by atoms with van der Waals surface area (Å²) in [4.78, 5) is 25.4. The van der Waals surface area contributed by atoms with Crippen molar-refractivity contribution in [3.05, 3.63) is 24.3 Å². The van der Waals surface area contributed by atoms with E-state index in [-0.39, 0.29) is 30.6 Å². The van der Waals surface area contributed by atoms with Gasteiger partial charge in [0.1, 0.15) is 0 Å². The Morgan fingerprint density at radius 2 is 1.88 bits per heavy atom. The number of anilines is 2. The highest BCUT2D eigenvalue weighted by molar-refractivity contribution is 5.93. The van der Waals surface area contributed by atoms with Crippen LogP contribution in [0.2, 0.25) is 0 Å². The van der Waals surface area contributed by atoms with Crippen molar-refractivity contribution in [2.75, 3.05) is 36.9 Å². The number of urea groups is 1. The Morgan fingerprint density at radius 3 is 2.54 bits per heavy atom. The third-order valence-corrected chi connectivity index (χ3v) is 3.83. The van der Waals surface area contributed by atoms with E-state index in [1.54, 1.807) is 7.05 Å². The van der Waals surface area contributed by atoms with E-state index >= 15 is 0 Å². The lowest BCUT2D eigenvalue weighted by Gasteiger charge is -2.37. The molecule has 0 unspecified atom stereocenters. The minimum Gasteiger partial charge on any atom is -0.372 e. The van der Waals surface area contributed by atoms with Gasteiger partial charge in [0.15, 0.2) is 0 Å². The predicted molar refractivity (Wildman–Crippen MR) is 94.4 cm³/mol. The van der Waals surface area contributed by atoms with Crippen LogP contribution in [0.15, 0.2) is 24.3 Å². The molecule has 3 amide bonds. The molecule has 1 fully saturated rings. The number of hydrogen-bond acceptors (Lipinski definition) is 4. The number of nitrogens with zero attached hydrogens (tertiary/aromatic N) is 1. The molecule has 2 rings (SSSR count). The molecule has 0 aromatic heterocycles. The van der Waals surface area contributed by atoms with Crippen molar-refractivity contribution in [3.63, 3.8) is 0 Å². The summed E-state index contributed by atoms with van der Waals surface area (Å²) in [7, 11) is 1.57. The molecule has 1 heterocycles. The zero-order chi connectivity index (χ0) is 17.5. The van der Waals surface area contributed by atoms with Gasteiger partial charge < -0.3 is 25.6 Å². The van der Waals surface area contributed by atoms with E-state index in [0.717, 1.165) is 24.5 Å². The first-order chi connectivity index (χ1) is 11.5. The second-order valence-electron chi connectivity index (χ2n) is 5.98. The lowest BCUT2D eigenvalue weighted by Crippen LogP contribution is -2.45. The van der Waals surface area contributed by atoms with Crippen molar-refractivity contribution in [3.8, 4) is 0 Å². The summed E-state index contributed by atoms with van der Waals surface area (Å²) < 4.78 is 5.77. The summed E-state index contributed by atoms with van der Waals surface area (Å²) >= 11 is 0. The molecule has 7 nitrogen and oxygen atoms in total. The van der Waals surface area contributed by atoms with Gasteiger partial charge in [-0.15, -0.1) is 0 Å². The number of hydrogen-bond donors (Lipinski definition) is 3. The maximum Gasteiger partial charge on any atom is 0.319 e. The van der Waals surface area contributed by atoms with E-state index in [2.05, 4.69) is 20.9 Å². The first-order valence-electron chi connectivity index (χ1n) is 8.24. The van der Waals surface area contributed by atoms with E-state index < -0.39 is 0 Å². The summed E-state index contributed by atoms with van der Waals surface area (Å²) in [6, 6.07) is 7.38. The van der Waals surface area contributed by atoms with Crippen molar-refractivity contribution < 1.29 is 14.3 Å². The van der Waals surface area contributed by atoms with Crippen LogP contribution in [-0.4, -0.2) is 50.8 Å². The van der Waals surface area contributed by atoms with Crippen LogP contribution in [0.1, 0.15) is 20.3 Å². The van der Waals surface area contributed by atoms with Crippen LogP contribution in [0.3, 0.4) is 0 Å². The molecule has 0 bridgehead atoms. The van der Waals surface area contributed by atoms with E-state index in [1.165, 1.54) is 0 Å². The average molecular weight is 334 g/mol. The molecule has 0 radical (unpaired) electrons. The Balaban J connectivity index is 1.98. The minimum atomic E-state index is -0.319. The van der Waals surface area contributed by atoms with Gasteiger partial charge in [-0.2, -0.15) is 0 Å². The quantitative estimate of drug-likeness (QED) is 0.763. The highest BCUT2D eigenvalue weighted by Crippen LogP contribution is 2.28. The zero-order valence-corrected chi connectivity index (χ0v) is 14.5. The van der Waals surface area contributed by atoms with Crippen LogP contribution in [0.5, 0.6) is 0 Å². The Hall–Kier alpha value is -2.28. The molecule has 3 N–H and O–H groups in total. The molecule has 7 heteroatoms. The molecular weight excluding hydrogens is 308 g/mol. The fraction of sp³-hybridized carbons (Fsp3) is 0.529. The molecule has 24 heavy (non-hydrogen) atoms. The Bertz CT molecular complexity index is 569. The zero-order valence-electron chi connectivity index (χ0n) is 14.5. The molecule has 2 atom stereocenters. The van der Waals surface area contributed by atoms with Crippen molar-refractivity contribution in [2.45, 2.75) is 32.5 Å². The average Bonchev–Trinajstić information content (AvgIpc) is 2.54. The number of morpholine rings is 1. The van der Waals surface area contributed by atoms with Crippen LogP contribution >= 0.6 is 0 Å². The Kier molecular flexibility index (Phi) is 6.43. The van der Waals surface area contributed by atoms with Gasteiger partial charge in [-0.1, -0.05) is 12.1 Å². The van der Waals surface area contributed by atoms with Crippen LogP contribution in [-0.2, 0) is 9.53 Å². The molecule has 0 saturated carbocycles.